The fourth-order valence-corrected chi connectivity index (χ4v) is 3.80. The third kappa shape index (κ3) is 4.03. The smallest absolute Gasteiger partial charge is 0.240 e. The van der Waals surface area contributed by atoms with Crippen LogP contribution in [0.4, 0.5) is 5.69 Å². The summed E-state index contributed by atoms with van der Waals surface area (Å²) in [5, 5.41) is 2.88. The maximum absolute atomic E-state index is 12.2. The molecule has 21 heavy (non-hydrogen) atoms. The molecule has 0 amide bonds. The van der Waals surface area contributed by atoms with Gasteiger partial charge in [-0.25, -0.2) is 18.1 Å². The lowest BCUT2D eigenvalue weighted by molar-refractivity contribution is 0.581. The van der Waals surface area contributed by atoms with Gasteiger partial charge >= 0.3 is 0 Å². The Morgan fingerprint density at radius 3 is 2.71 bits per heavy atom. The quantitative estimate of drug-likeness (QED) is 0.797. The zero-order chi connectivity index (χ0) is 15.5. The minimum absolute atomic E-state index is 0.201. The number of thiazole rings is 1. The van der Waals surface area contributed by atoms with Crippen LogP contribution < -0.4 is 10.5 Å². The Balaban J connectivity index is 2.02. The van der Waals surface area contributed by atoms with Crippen molar-refractivity contribution in [2.75, 3.05) is 12.3 Å². The van der Waals surface area contributed by atoms with E-state index in [2.05, 4.69) is 9.71 Å². The zero-order valence-electron chi connectivity index (χ0n) is 12.1. The van der Waals surface area contributed by atoms with Crippen molar-refractivity contribution >= 4 is 27.0 Å². The van der Waals surface area contributed by atoms with Crippen molar-refractivity contribution in [3.8, 4) is 0 Å². The van der Waals surface area contributed by atoms with E-state index >= 15 is 0 Å². The summed E-state index contributed by atoms with van der Waals surface area (Å²) in [6.07, 6.45) is 1.36. The van der Waals surface area contributed by atoms with E-state index in [1.807, 2.05) is 19.2 Å². The highest BCUT2D eigenvalue weighted by molar-refractivity contribution is 7.89. The molecule has 0 saturated carbocycles. The van der Waals surface area contributed by atoms with Crippen molar-refractivity contribution in [3.63, 3.8) is 0 Å². The van der Waals surface area contributed by atoms with Gasteiger partial charge in [-0.2, -0.15) is 0 Å². The second-order valence-corrected chi connectivity index (χ2v) is 7.45. The Labute approximate surface area is 129 Å². The number of aromatic nitrogens is 1. The molecule has 0 saturated heterocycles. The molecular weight excluding hydrogens is 306 g/mol. The molecule has 0 spiro atoms. The van der Waals surface area contributed by atoms with Gasteiger partial charge in [-0.05, 0) is 31.0 Å². The van der Waals surface area contributed by atoms with Crippen LogP contribution in [-0.2, 0) is 22.9 Å². The maximum Gasteiger partial charge on any atom is 0.240 e. The minimum atomic E-state index is -3.52. The molecule has 0 radical (unpaired) electrons. The second kappa shape index (κ2) is 6.55. The van der Waals surface area contributed by atoms with Gasteiger partial charge in [0.15, 0.2) is 0 Å². The number of anilines is 1. The summed E-state index contributed by atoms with van der Waals surface area (Å²) in [6, 6.07) is 4.86. The highest BCUT2D eigenvalue weighted by Gasteiger charge is 2.15. The number of aryl methyl sites for hydroxylation is 2. The van der Waals surface area contributed by atoms with Crippen LogP contribution in [0.3, 0.4) is 0 Å². The Bertz CT molecular complexity index is 724. The fraction of sp³-hybridized carbons (Fsp3) is 0.357. The predicted octanol–water partition coefficient (Wildman–Crippen LogP) is 2.12. The Hall–Kier alpha value is -1.44. The summed E-state index contributed by atoms with van der Waals surface area (Å²) < 4.78 is 27.0. The number of nitrogens with one attached hydrogen (secondary N) is 1. The normalized spacial score (nSPS) is 11.7. The van der Waals surface area contributed by atoms with Crippen molar-refractivity contribution in [2.45, 2.75) is 31.6 Å². The van der Waals surface area contributed by atoms with Crippen molar-refractivity contribution in [2.24, 2.45) is 0 Å². The third-order valence-electron chi connectivity index (χ3n) is 3.11. The third-order valence-corrected chi connectivity index (χ3v) is 5.59. The predicted molar refractivity (Wildman–Crippen MR) is 86.0 cm³/mol. The van der Waals surface area contributed by atoms with Crippen LogP contribution in [0, 0.1) is 6.92 Å². The van der Waals surface area contributed by atoms with Gasteiger partial charge in [-0.3, -0.25) is 0 Å². The van der Waals surface area contributed by atoms with E-state index in [1.54, 1.807) is 12.1 Å². The SMILES string of the molecule is CCc1ccc(S(=O)(=O)NCCc2nc(C)cs2)cc1N. The number of hydrogen-bond acceptors (Lipinski definition) is 5. The van der Waals surface area contributed by atoms with Crippen molar-refractivity contribution in [1.82, 2.24) is 9.71 Å². The summed E-state index contributed by atoms with van der Waals surface area (Å²) in [5.74, 6) is 0. The first-order valence-corrected chi connectivity index (χ1v) is 9.07. The van der Waals surface area contributed by atoms with Gasteiger partial charge in [0.25, 0.3) is 0 Å². The summed E-state index contributed by atoms with van der Waals surface area (Å²) in [4.78, 5) is 4.50. The first kappa shape index (κ1) is 15.9. The van der Waals surface area contributed by atoms with Crippen molar-refractivity contribution in [3.05, 3.63) is 39.8 Å². The van der Waals surface area contributed by atoms with Crippen LogP contribution in [0.5, 0.6) is 0 Å². The molecule has 0 aliphatic heterocycles. The van der Waals surface area contributed by atoms with Crippen LogP contribution in [-0.4, -0.2) is 19.9 Å². The van der Waals surface area contributed by atoms with Crippen molar-refractivity contribution < 1.29 is 8.42 Å². The monoisotopic (exact) mass is 325 g/mol. The summed E-state index contributed by atoms with van der Waals surface area (Å²) in [7, 11) is -3.52. The van der Waals surface area contributed by atoms with E-state index < -0.39 is 10.0 Å². The van der Waals surface area contributed by atoms with Gasteiger partial charge in [-0.1, -0.05) is 13.0 Å². The molecule has 0 unspecified atom stereocenters. The van der Waals surface area contributed by atoms with Gasteiger partial charge < -0.3 is 5.73 Å². The van der Waals surface area contributed by atoms with E-state index in [-0.39, 0.29) is 4.90 Å². The molecule has 2 aromatic rings. The summed E-state index contributed by atoms with van der Waals surface area (Å²) in [6.45, 7) is 4.22. The molecule has 2 rings (SSSR count). The standard InChI is InChI=1S/C14H19N3O2S2/c1-3-11-4-5-12(8-13(11)15)21(18,19)16-7-6-14-17-10(2)9-20-14/h4-5,8-9,16H,3,6-7,15H2,1-2H3. The lowest BCUT2D eigenvalue weighted by Gasteiger charge is -2.09. The van der Waals surface area contributed by atoms with Gasteiger partial charge in [0.1, 0.15) is 0 Å². The van der Waals surface area contributed by atoms with Gasteiger partial charge in [0.2, 0.25) is 10.0 Å². The highest BCUT2D eigenvalue weighted by atomic mass is 32.2. The lowest BCUT2D eigenvalue weighted by Crippen LogP contribution is -2.26. The molecule has 1 aromatic carbocycles. The number of benzene rings is 1. The van der Waals surface area contributed by atoms with Crippen LogP contribution in [0.15, 0.2) is 28.5 Å². The van der Waals surface area contributed by atoms with Crippen LogP contribution >= 0.6 is 11.3 Å². The van der Waals surface area contributed by atoms with E-state index in [1.165, 1.54) is 17.4 Å². The molecule has 0 bridgehead atoms. The molecule has 3 N–H and O–H groups in total. The van der Waals surface area contributed by atoms with Crippen molar-refractivity contribution in [1.29, 1.82) is 0 Å². The van der Waals surface area contributed by atoms with Gasteiger partial charge in [0, 0.05) is 29.7 Å². The number of rotatable bonds is 6. The summed E-state index contributed by atoms with van der Waals surface area (Å²) >= 11 is 1.54. The average molecular weight is 325 g/mol. The molecule has 0 aliphatic carbocycles. The highest BCUT2D eigenvalue weighted by Crippen LogP contribution is 2.18. The topological polar surface area (TPSA) is 85.1 Å². The fourth-order valence-electron chi connectivity index (χ4n) is 1.96. The molecule has 0 fully saturated rings. The Morgan fingerprint density at radius 2 is 2.14 bits per heavy atom. The molecule has 0 atom stereocenters. The Kier molecular flexibility index (Phi) is 4.97. The minimum Gasteiger partial charge on any atom is -0.398 e. The van der Waals surface area contributed by atoms with E-state index in [0.29, 0.717) is 18.7 Å². The summed E-state index contributed by atoms with van der Waals surface area (Å²) in [5.41, 5.74) is 8.27. The number of sulfonamides is 1. The molecule has 114 valence electrons. The van der Waals surface area contributed by atoms with E-state index in [0.717, 1.165) is 22.7 Å². The van der Waals surface area contributed by atoms with Crippen LogP contribution in [0.1, 0.15) is 23.2 Å². The molecule has 0 aliphatic rings. The number of hydrogen-bond donors (Lipinski definition) is 2. The van der Waals surface area contributed by atoms with Crippen LogP contribution in [0.25, 0.3) is 0 Å². The number of nitrogens with zero attached hydrogens (tertiary/aromatic N) is 1. The maximum atomic E-state index is 12.2. The average Bonchev–Trinajstić information content (AvgIpc) is 2.84. The first-order valence-electron chi connectivity index (χ1n) is 6.71. The first-order chi connectivity index (χ1) is 9.92. The molecule has 1 aromatic heterocycles. The van der Waals surface area contributed by atoms with Gasteiger partial charge in [0.05, 0.1) is 9.90 Å². The molecule has 1 heterocycles. The number of nitrogens with two attached hydrogens (primary N) is 1. The van der Waals surface area contributed by atoms with Crippen LogP contribution in [0.2, 0.25) is 0 Å². The number of nitrogen functional groups attached to an aromatic ring is 1. The van der Waals surface area contributed by atoms with E-state index in [9.17, 15) is 8.42 Å². The largest absolute Gasteiger partial charge is 0.398 e. The molecule has 5 nitrogen and oxygen atoms in total. The molecular formula is C14H19N3O2S2. The second-order valence-electron chi connectivity index (χ2n) is 4.74. The van der Waals surface area contributed by atoms with Gasteiger partial charge in [-0.15, -0.1) is 11.3 Å². The Morgan fingerprint density at radius 1 is 1.38 bits per heavy atom. The molecule has 7 heteroatoms. The zero-order valence-corrected chi connectivity index (χ0v) is 13.7. The van der Waals surface area contributed by atoms with E-state index in [4.69, 9.17) is 5.73 Å². The lowest BCUT2D eigenvalue weighted by atomic mass is 10.1.